The Balaban J connectivity index is 0.00000420. The van der Waals surface area contributed by atoms with Crippen molar-refractivity contribution in [1.29, 1.82) is 0 Å². The number of guanidine groups is 1. The second kappa shape index (κ2) is 13.8. The van der Waals surface area contributed by atoms with E-state index in [1.807, 2.05) is 0 Å². The van der Waals surface area contributed by atoms with E-state index in [9.17, 15) is 4.79 Å². The molecule has 0 aliphatic carbocycles. The maximum Gasteiger partial charge on any atom is 0.221 e. The number of hydrogen-bond donors (Lipinski definition) is 3. The van der Waals surface area contributed by atoms with Crippen LogP contribution in [0, 0.1) is 5.92 Å². The highest BCUT2D eigenvalue weighted by Gasteiger charge is 2.23. The van der Waals surface area contributed by atoms with Gasteiger partial charge in [0.05, 0.1) is 19.1 Å². The zero-order chi connectivity index (χ0) is 20.4. The molecule has 0 bridgehead atoms. The highest BCUT2D eigenvalue weighted by atomic mass is 127. The van der Waals surface area contributed by atoms with Gasteiger partial charge in [0.15, 0.2) is 5.96 Å². The lowest BCUT2D eigenvalue weighted by atomic mass is 9.97. The van der Waals surface area contributed by atoms with Crippen LogP contribution in [0.25, 0.3) is 0 Å². The van der Waals surface area contributed by atoms with Crippen LogP contribution in [0.15, 0.2) is 29.3 Å². The van der Waals surface area contributed by atoms with Gasteiger partial charge in [-0.25, -0.2) is 4.99 Å². The van der Waals surface area contributed by atoms with Crippen molar-refractivity contribution < 1.29 is 9.53 Å². The summed E-state index contributed by atoms with van der Waals surface area (Å²) in [4.78, 5) is 18.5. The van der Waals surface area contributed by atoms with Gasteiger partial charge in [0.1, 0.15) is 0 Å². The number of piperidine rings is 1. The molecule has 29 heavy (non-hydrogen) atoms. The van der Waals surface area contributed by atoms with E-state index in [1.165, 1.54) is 5.56 Å². The van der Waals surface area contributed by atoms with Gasteiger partial charge in [-0.1, -0.05) is 24.3 Å². The lowest BCUT2D eigenvalue weighted by Gasteiger charge is -2.31. The first-order valence-corrected chi connectivity index (χ1v) is 10.1. The fourth-order valence-electron chi connectivity index (χ4n) is 3.53. The number of rotatable bonds is 9. The Kier molecular flexibility index (Phi) is 12.2. The van der Waals surface area contributed by atoms with Gasteiger partial charge >= 0.3 is 0 Å². The molecule has 2 unspecified atom stereocenters. The standard InChI is InChI=1S/C21H35N5O2.HI/c1-4-23-21(25-16(2)15-28-3)24-12-17-7-5-8-18(11-17)13-26-10-6-9-19(14-26)20(22)27;/h5,7-8,11,16,19H,4,6,9-10,12-15H2,1-3H3,(H2,22,27)(H2,23,24,25);1H. The number of nitrogens with two attached hydrogens (primary N) is 1. The van der Waals surface area contributed by atoms with Crippen molar-refractivity contribution in [3.63, 3.8) is 0 Å². The predicted octanol–water partition coefficient (Wildman–Crippen LogP) is 2.09. The molecule has 1 aromatic rings. The highest BCUT2D eigenvalue weighted by Crippen LogP contribution is 2.19. The SMILES string of the molecule is CCNC(=NCc1cccc(CN2CCCC(C(N)=O)C2)c1)NC(C)COC.I. The number of carbonyl (C=O) groups is 1. The first-order chi connectivity index (χ1) is 13.5. The van der Waals surface area contributed by atoms with Crippen molar-refractivity contribution in [2.24, 2.45) is 16.6 Å². The van der Waals surface area contributed by atoms with Crippen LogP contribution in [0.4, 0.5) is 0 Å². The van der Waals surface area contributed by atoms with Crippen molar-refractivity contribution in [3.05, 3.63) is 35.4 Å². The van der Waals surface area contributed by atoms with Crippen LogP contribution in [0.2, 0.25) is 0 Å². The molecule has 1 amide bonds. The zero-order valence-corrected chi connectivity index (χ0v) is 20.1. The molecule has 2 rings (SSSR count). The Morgan fingerprint density at radius 3 is 2.86 bits per heavy atom. The molecule has 1 aromatic carbocycles. The average Bonchev–Trinajstić information content (AvgIpc) is 2.67. The number of methoxy groups -OCH3 is 1. The number of nitrogens with zero attached hydrogens (tertiary/aromatic N) is 2. The van der Waals surface area contributed by atoms with E-state index in [0.29, 0.717) is 13.2 Å². The minimum absolute atomic E-state index is 0. The Hall–Kier alpha value is -1.39. The number of benzene rings is 1. The number of amides is 1. The van der Waals surface area contributed by atoms with Crippen LogP contribution < -0.4 is 16.4 Å². The maximum absolute atomic E-state index is 11.5. The summed E-state index contributed by atoms with van der Waals surface area (Å²) in [5, 5.41) is 6.62. The van der Waals surface area contributed by atoms with E-state index in [-0.39, 0.29) is 41.8 Å². The van der Waals surface area contributed by atoms with Crippen LogP contribution >= 0.6 is 24.0 Å². The minimum atomic E-state index is -0.182. The molecule has 164 valence electrons. The number of nitrogens with one attached hydrogen (secondary N) is 2. The summed E-state index contributed by atoms with van der Waals surface area (Å²) >= 11 is 0. The molecule has 1 saturated heterocycles. The number of aliphatic imine (C=N–C) groups is 1. The summed E-state index contributed by atoms with van der Waals surface area (Å²) < 4.78 is 5.18. The van der Waals surface area contributed by atoms with Gasteiger partial charge in [0.2, 0.25) is 5.91 Å². The number of carbonyl (C=O) groups excluding carboxylic acids is 1. The summed E-state index contributed by atoms with van der Waals surface area (Å²) in [6, 6.07) is 8.68. The Morgan fingerprint density at radius 2 is 2.17 bits per heavy atom. The Labute approximate surface area is 191 Å². The van der Waals surface area contributed by atoms with Crippen LogP contribution in [0.3, 0.4) is 0 Å². The number of primary amides is 1. The van der Waals surface area contributed by atoms with Gasteiger partial charge in [0, 0.05) is 32.8 Å². The number of likely N-dealkylation sites (tertiary alicyclic amines) is 1. The van der Waals surface area contributed by atoms with Crippen molar-refractivity contribution in [2.75, 3.05) is 33.4 Å². The summed E-state index contributed by atoms with van der Waals surface area (Å²) in [7, 11) is 1.70. The molecule has 1 aliphatic rings. The quantitative estimate of drug-likeness (QED) is 0.265. The first kappa shape index (κ1) is 25.6. The molecule has 0 saturated carbocycles. The van der Waals surface area contributed by atoms with Gasteiger partial charge in [-0.05, 0) is 44.4 Å². The van der Waals surface area contributed by atoms with E-state index in [0.717, 1.165) is 50.5 Å². The van der Waals surface area contributed by atoms with Gasteiger partial charge in [-0.2, -0.15) is 0 Å². The Bertz CT molecular complexity index is 656. The van der Waals surface area contributed by atoms with E-state index in [2.05, 4.69) is 53.6 Å². The van der Waals surface area contributed by atoms with Gasteiger partial charge in [0.25, 0.3) is 0 Å². The monoisotopic (exact) mass is 517 g/mol. The van der Waals surface area contributed by atoms with E-state index in [1.54, 1.807) is 7.11 Å². The van der Waals surface area contributed by atoms with Crippen LogP contribution in [0.5, 0.6) is 0 Å². The topological polar surface area (TPSA) is 92.0 Å². The molecule has 0 radical (unpaired) electrons. The lowest BCUT2D eigenvalue weighted by Crippen LogP contribution is -2.43. The van der Waals surface area contributed by atoms with E-state index >= 15 is 0 Å². The fourth-order valence-corrected chi connectivity index (χ4v) is 3.53. The molecule has 8 heteroatoms. The minimum Gasteiger partial charge on any atom is -0.383 e. The molecule has 1 fully saturated rings. The van der Waals surface area contributed by atoms with E-state index in [4.69, 9.17) is 15.5 Å². The van der Waals surface area contributed by atoms with Crippen LogP contribution in [-0.2, 0) is 22.6 Å². The molecule has 1 heterocycles. The zero-order valence-electron chi connectivity index (χ0n) is 17.8. The van der Waals surface area contributed by atoms with Crippen molar-refractivity contribution in [1.82, 2.24) is 15.5 Å². The third-order valence-corrected chi connectivity index (χ3v) is 4.87. The summed E-state index contributed by atoms with van der Waals surface area (Å²) in [5.74, 6) is 0.584. The molecule has 1 aliphatic heterocycles. The molecule has 0 aromatic heterocycles. The molecule has 0 spiro atoms. The van der Waals surface area contributed by atoms with Crippen molar-refractivity contribution >= 4 is 35.8 Å². The fraction of sp³-hybridized carbons (Fsp3) is 0.619. The second-order valence-corrected chi connectivity index (χ2v) is 7.49. The van der Waals surface area contributed by atoms with Crippen LogP contribution in [0.1, 0.15) is 37.8 Å². The number of hydrogen-bond acceptors (Lipinski definition) is 4. The smallest absolute Gasteiger partial charge is 0.221 e. The third-order valence-electron chi connectivity index (χ3n) is 4.87. The van der Waals surface area contributed by atoms with Crippen molar-refractivity contribution in [3.8, 4) is 0 Å². The first-order valence-electron chi connectivity index (χ1n) is 10.1. The normalized spacial score (nSPS) is 18.6. The van der Waals surface area contributed by atoms with Gasteiger partial charge in [-0.3, -0.25) is 9.69 Å². The molecular weight excluding hydrogens is 481 g/mol. The summed E-state index contributed by atoms with van der Waals surface area (Å²) in [6.07, 6.45) is 1.93. The lowest BCUT2D eigenvalue weighted by molar-refractivity contribution is -0.123. The molecule has 7 nitrogen and oxygen atoms in total. The second-order valence-electron chi connectivity index (χ2n) is 7.49. The molecule has 2 atom stereocenters. The summed E-state index contributed by atoms with van der Waals surface area (Å²) in [6.45, 7) is 8.76. The van der Waals surface area contributed by atoms with Crippen LogP contribution in [-0.4, -0.2) is 56.2 Å². The van der Waals surface area contributed by atoms with Gasteiger partial charge < -0.3 is 21.1 Å². The number of halogens is 1. The van der Waals surface area contributed by atoms with Crippen molar-refractivity contribution in [2.45, 2.75) is 45.8 Å². The average molecular weight is 517 g/mol. The van der Waals surface area contributed by atoms with E-state index < -0.39 is 0 Å². The molecular formula is C21H36IN5O2. The third kappa shape index (κ3) is 9.31. The largest absolute Gasteiger partial charge is 0.383 e. The number of ether oxygens (including phenoxy) is 1. The summed E-state index contributed by atoms with van der Waals surface area (Å²) in [5.41, 5.74) is 7.90. The maximum atomic E-state index is 11.5. The molecule has 4 N–H and O–H groups in total. The van der Waals surface area contributed by atoms with Gasteiger partial charge in [-0.15, -0.1) is 24.0 Å². The Morgan fingerprint density at radius 1 is 1.41 bits per heavy atom. The predicted molar refractivity (Wildman–Crippen MR) is 128 cm³/mol. The highest BCUT2D eigenvalue weighted by molar-refractivity contribution is 14.0.